The van der Waals surface area contributed by atoms with Crippen LogP contribution in [0, 0.1) is 0 Å². The van der Waals surface area contributed by atoms with Gasteiger partial charge in [0.2, 0.25) is 5.95 Å². The third kappa shape index (κ3) is 3.70. The summed E-state index contributed by atoms with van der Waals surface area (Å²) in [6, 6.07) is 2.60. The number of nitrogens with zero attached hydrogens (tertiary/aromatic N) is 5. The molecule has 1 atom stereocenters. The van der Waals surface area contributed by atoms with E-state index in [1.807, 2.05) is 6.92 Å². The molecule has 0 radical (unpaired) electrons. The Bertz CT molecular complexity index is 943. The van der Waals surface area contributed by atoms with Crippen LogP contribution in [0.5, 0.6) is 11.5 Å². The Kier molecular flexibility index (Phi) is 4.96. The summed E-state index contributed by atoms with van der Waals surface area (Å²) in [6.45, 7) is 2.56. The molecule has 6 N–H and O–H groups in total. The van der Waals surface area contributed by atoms with Crippen LogP contribution < -0.4 is 16.4 Å². The molecule has 0 aliphatic rings. The Balaban J connectivity index is 1.90. The van der Waals surface area contributed by atoms with E-state index in [2.05, 4.69) is 30.9 Å². The van der Waals surface area contributed by atoms with E-state index >= 15 is 0 Å². The third-order valence-corrected chi connectivity index (χ3v) is 3.93. The number of phenolic OH excluding ortho intramolecular Hbond substituents is 2. The number of aromatic hydroxyl groups is 2. The molecule has 0 spiro atoms. The first kappa shape index (κ1) is 18.0. The van der Waals surface area contributed by atoms with Gasteiger partial charge in [0.05, 0.1) is 5.02 Å². The maximum Gasteiger partial charge on any atom is 0.226 e. The number of aryl methyl sites for hydroxylation is 1. The fourth-order valence-electron chi connectivity index (χ4n) is 2.28. The molecule has 11 heteroatoms. The normalized spacial score (nSPS) is 12.3. The molecule has 0 fully saturated rings. The van der Waals surface area contributed by atoms with Crippen LogP contribution >= 0.6 is 11.6 Å². The van der Waals surface area contributed by atoms with Gasteiger partial charge in [0, 0.05) is 37.8 Å². The molecule has 0 amide bonds. The Hall–Kier alpha value is -2.85. The van der Waals surface area contributed by atoms with E-state index in [-0.39, 0.29) is 29.1 Å². The zero-order chi connectivity index (χ0) is 18.8. The van der Waals surface area contributed by atoms with Crippen LogP contribution in [0.25, 0.3) is 11.2 Å². The monoisotopic (exact) mass is 378 g/mol. The molecule has 0 aliphatic heterocycles. The molecule has 26 heavy (non-hydrogen) atoms. The molecule has 0 aliphatic carbocycles. The van der Waals surface area contributed by atoms with Gasteiger partial charge in [-0.1, -0.05) is 16.8 Å². The van der Waals surface area contributed by atoms with Gasteiger partial charge in [-0.3, -0.25) is 0 Å². The molecule has 2 aromatic heterocycles. The van der Waals surface area contributed by atoms with Crippen molar-refractivity contribution in [3.63, 3.8) is 0 Å². The predicted octanol–water partition coefficient (Wildman–Crippen LogP) is 1.19. The quantitative estimate of drug-likeness (QED) is 0.399. The van der Waals surface area contributed by atoms with Crippen molar-refractivity contribution in [2.75, 3.05) is 17.2 Å². The Morgan fingerprint density at radius 3 is 2.73 bits per heavy atom. The van der Waals surface area contributed by atoms with Crippen molar-refractivity contribution in [3.05, 3.63) is 22.7 Å². The van der Waals surface area contributed by atoms with Crippen LogP contribution in [0.4, 0.5) is 11.8 Å². The summed E-state index contributed by atoms with van der Waals surface area (Å²) in [4.78, 5) is 8.77. The van der Waals surface area contributed by atoms with E-state index in [1.165, 1.54) is 16.8 Å². The smallest absolute Gasteiger partial charge is 0.226 e. The molecule has 0 bridgehead atoms. The third-order valence-electron chi connectivity index (χ3n) is 3.63. The van der Waals surface area contributed by atoms with Crippen LogP contribution in [-0.2, 0) is 13.6 Å². The second-order valence-electron chi connectivity index (χ2n) is 5.93. The highest BCUT2D eigenvalue weighted by atomic mass is 35.5. The van der Waals surface area contributed by atoms with Crippen molar-refractivity contribution >= 4 is 34.5 Å². The summed E-state index contributed by atoms with van der Waals surface area (Å²) in [7, 11) is 1.73. The number of anilines is 2. The number of nitrogens with one attached hydrogen (secondary N) is 2. The van der Waals surface area contributed by atoms with Crippen LogP contribution in [-0.4, -0.2) is 47.8 Å². The highest BCUT2D eigenvalue weighted by Gasteiger charge is 2.14. The molecule has 3 aromatic rings. The molecule has 10 nitrogen and oxygen atoms in total. The number of benzene rings is 1. The first-order valence-corrected chi connectivity index (χ1v) is 8.24. The topological polar surface area (TPSA) is 147 Å². The summed E-state index contributed by atoms with van der Waals surface area (Å²) < 4.78 is 1.53. The lowest BCUT2D eigenvalue weighted by atomic mass is 10.2. The number of nitrogens with two attached hydrogens (primary N) is 1. The zero-order valence-corrected chi connectivity index (χ0v) is 15.0. The standard InChI is InChI=1S/C15H19ClN8O2/c1-7(17)5-19-15-20-13(12-14(21-15)24(2)23-22-12)18-6-8-3-11(26)9(16)4-10(8)25/h3-4,7,25-26H,5-6,17H2,1-2H3,(H2,18,19,20,21). The average molecular weight is 379 g/mol. The Morgan fingerprint density at radius 1 is 1.23 bits per heavy atom. The number of fused-ring (bicyclic) bond motifs is 1. The van der Waals surface area contributed by atoms with Gasteiger partial charge in [-0.2, -0.15) is 9.97 Å². The fraction of sp³-hybridized carbons (Fsp3) is 0.333. The van der Waals surface area contributed by atoms with Crippen molar-refractivity contribution in [3.8, 4) is 11.5 Å². The summed E-state index contributed by atoms with van der Waals surface area (Å²) in [5.41, 5.74) is 7.23. The first-order valence-electron chi connectivity index (χ1n) is 7.86. The lowest BCUT2D eigenvalue weighted by Gasteiger charge is -2.12. The van der Waals surface area contributed by atoms with Gasteiger partial charge >= 0.3 is 0 Å². The minimum atomic E-state index is -0.118. The maximum absolute atomic E-state index is 9.98. The van der Waals surface area contributed by atoms with E-state index in [4.69, 9.17) is 17.3 Å². The lowest BCUT2D eigenvalue weighted by Crippen LogP contribution is -2.26. The molecular weight excluding hydrogens is 360 g/mol. The average Bonchev–Trinajstić information content (AvgIpc) is 2.96. The molecule has 1 aromatic carbocycles. The van der Waals surface area contributed by atoms with Crippen LogP contribution in [0.15, 0.2) is 12.1 Å². The van der Waals surface area contributed by atoms with Gasteiger partial charge in [-0.25, -0.2) is 4.68 Å². The number of halogens is 1. The second kappa shape index (κ2) is 7.18. The number of hydrogen-bond donors (Lipinski definition) is 5. The van der Waals surface area contributed by atoms with Gasteiger partial charge in [0.1, 0.15) is 11.5 Å². The minimum Gasteiger partial charge on any atom is -0.508 e. The van der Waals surface area contributed by atoms with Crippen LogP contribution in [0.2, 0.25) is 5.02 Å². The van der Waals surface area contributed by atoms with Gasteiger partial charge in [-0.05, 0) is 13.0 Å². The predicted molar refractivity (Wildman–Crippen MR) is 98.3 cm³/mol. The SMILES string of the molecule is CC(N)CNc1nc(NCc2cc(O)c(Cl)cc2O)c2nnn(C)c2n1. The Morgan fingerprint density at radius 2 is 2.00 bits per heavy atom. The van der Waals surface area contributed by atoms with Crippen molar-refractivity contribution in [1.82, 2.24) is 25.0 Å². The number of phenols is 2. The number of hydrogen-bond acceptors (Lipinski definition) is 9. The summed E-state index contributed by atoms with van der Waals surface area (Å²) in [5, 5.41) is 33.9. The van der Waals surface area contributed by atoms with Gasteiger partial charge < -0.3 is 26.6 Å². The fourth-order valence-corrected chi connectivity index (χ4v) is 2.44. The van der Waals surface area contributed by atoms with Crippen molar-refractivity contribution in [1.29, 1.82) is 0 Å². The van der Waals surface area contributed by atoms with Gasteiger partial charge in [0.25, 0.3) is 0 Å². The van der Waals surface area contributed by atoms with Crippen molar-refractivity contribution in [2.45, 2.75) is 19.5 Å². The van der Waals surface area contributed by atoms with Gasteiger partial charge in [0.15, 0.2) is 17.0 Å². The first-order chi connectivity index (χ1) is 12.3. The van der Waals surface area contributed by atoms with Crippen molar-refractivity contribution < 1.29 is 10.2 Å². The van der Waals surface area contributed by atoms with E-state index in [0.29, 0.717) is 35.0 Å². The zero-order valence-electron chi connectivity index (χ0n) is 14.2. The Labute approximate surface area is 154 Å². The summed E-state index contributed by atoms with van der Waals surface area (Å²) in [5.74, 6) is 0.655. The molecule has 1 unspecified atom stereocenters. The van der Waals surface area contributed by atoms with Crippen molar-refractivity contribution in [2.24, 2.45) is 12.8 Å². The molecule has 0 saturated heterocycles. The molecule has 3 rings (SSSR count). The van der Waals surface area contributed by atoms with E-state index in [9.17, 15) is 10.2 Å². The summed E-state index contributed by atoms with van der Waals surface area (Å²) >= 11 is 5.77. The second-order valence-corrected chi connectivity index (χ2v) is 6.33. The highest BCUT2D eigenvalue weighted by molar-refractivity contribution is 6.32. The molecule has 0 saturated carbocycles. The minimum absolute atomic E-state index is 0.0416. The molecular formula is C15H19ClN8O2. The van der Waals surface area contributed by atoms with E-state index in [0.717, 1.165) is 0 Å². The van der Waals surface area contributed by atoms with E-state index < -0.39 is 0 Å². The summed E-state index contributed by atoms with van der Waals surface area (Å²) in [6.07, 6.45) is 0. The number of rotatable bonds is 6. The highest BCUT2D eigenvalue weighted by Crippen LogP contribution is 2.31. The lowest BCUT2D eigenvalue weighted by molar-refractivity contribution is 0.455. The maximum atomic E-state index is 9.98. The van der Waals surface area contributed by atoms with Gasteiger partial charge in [-0.15, -0.1) is 5.10 Å². The van der Waals surface area contributed by atoms with Crippen LogP contribution in [0.3, 0.4) is 0 Å². The molecule has 138 valence electrons. The van der Waals surface area contributed by atoms with E-state index in [1.54, 1.807) is 7.05 Å². The van der Waals surface area contributed by atoms with Crippen LogP contribution in [0.1, 0.15) is 12.5 Å². The number of aromatic nitrogens is 5. The molecule has 2 heterocycles. The largest absolute Gasteiger partial charge is 0.508 e.